The summed E-state index contributed by atoms with van der Waals surface area (Å²) in [6.07, 6.45) is 3.70. The van der Waals surface area contributed by atoms with Gasteiger partial charge in [0.1, 0.15) is 5.15 Å². The number of hydrogen-bond acceptors (Lipinski definition) is 1. The number of pyridine rings is 1. The molecule has 3 heteroatoms. The fourth-order valence-electron chi connectivity index (χ4n) is 0.832. The van der Waals surface area contributed by atoms with Crippen molar-refractivity contribution in [2.45, 2.75) is 6.92 Å². The monoisotopic (exact) mass is 201 g/mol. The summed E-state index contributed by atoms with van der Waals surface area (Å²) < 4.78 is 0. The van der Waals surface area contributed by atoms with E-state index in [2.05, 4.69) is 4.98 Å². The predicted molar refractivity (Wildman–Crippen MR) is 53.7 cm³/mol. The number of alkyl halides is 1. The highest BCUT2D eigenvalue weighted by Gasteiger charge is 1.96. The van der Waals surface area contributed by atoms with E-state index in [1.165, 1.54) is 0 Å². The zero-order valence-electron chi connectivity index (χ0n) is 6.72. The maximum atomic E-state index is 5.86. The van der Waals surface area contributed by atoms with Gasteiger partial charge in [0.25, 0.3) is 0 Å². The van der Waals surface area contributed by atoms with E-state index in [4.69, 9.17) is 23.2 Å². The summed E-state index contributed by atoms with van der Waals surface area (Å²) in [5.41, 5.74) is 1.82. The van der Waals surface area contributed by atoms with Gasteiger partial charge in [-0.1, -0.05) is 29.8 Å². The molecular formula is C9H9Cl2N. The van der Waals surface area contributed by atoms with Crippen LogP contribution in [0.1, 0.15) is 11.3 Å². The fourth-order valence-corrected chi connectivity index (χ4v) is 1.18. The molecule has 0 unspecified atom stereocenters. The summed E-state index contributed by atoms with van der Waals surface area (Å²) in [4.78, 5) is 4.10. The lowest BCUT2D eigenvalue weighted by molar-refractivity contribution is 1.19. The van der Waals surface area contributed by atoms with Gasteiger partial charge in [-0.3, -0.25) is 0 Å². The normalized spacial score (nSPS) is 10.9. The molecule has 0 aliphatic carbocycles. The maximum Gasteiger partial charge on any atom is 0.136 e. The Morgan fingerprint density at radius 3 is 2.83 bits per heavy atom. The van der Waals surface area contributed by atoms with E-state index in [-0.39, 0.29) is 0 Å². The van der Waals surface area contributed by atoms with Gasteiger partial charge in [0.15, 0.2) is 0 Å². The van der Waals surface area contributed by atoms with Crippen molar-refractivity contribution in [1.82, 2.24) is 4.98 Å². The van der Waals surface area contributed by atoms with Crippen LogP contribution in [0.3, 0.4) is 0 Å². The third-order valence-corrected chi connectivity index (χ3v) is 1.88. The second-order valence-corrected chi connectivity index (χ2v) is 3.06. The summed E-state index contributed by atoms with van der Waals surface area (Å²) in [7, 11) is 0. The molecule has 0 saturated heterocycles. The van der Waals surface area contributed by atoms with Crippen LogP contribution in [0.15, 0.2) is 18.2 Å². The first kappa shape index (κ1) is 9.56. The number of rotatable bonds is 2. The Morgan fingerprint density at radius 2 is 2.25 bits per heavy atom. The first-order chi connectivity index (χ1) is 5.74. The van der Waals surface area contributed by atoms with Crippen LogP contribution in [0.4, 0.5) is 0 Å². The Morgan fingerprint density at radius 1 is 1.50 bits per heavy atom. The fraction of sp³-hybridized carbons (Fsp3) is 0.222. The van der Waals surface area contributed by atoms with Crippen molar-refractivity contribution in [2.75, 3.05) is 5.88 Å². The van der Waals surface area contributed by atoms with Crippen molar-refractivity contribution in [3.8, 4) is 0 Å². The van der Waals surface area contributed by atoms with Crippen molar-refractivity contribution < 1.29 is 0 Å². The topological polar surface area (TPSA) is 12.9 Å². The highest BCUT2D eigenvalue weighted by molar-refractivity contribution is 6.30. The van der Waals surface area contributed by atoms with Gasteiger partial charge in [-0.05, 0) is 13.0 Å². The van der Waals surface area contributed by atoms with E-state index >= 15 is 0 Å². The molecule has 0 aliphatic heterocycles. The number of nitrogens with zero attached hydrogens (tertiary/aromatic N) is 1. The van der Waals surface area contributed by atoms with Crippen molar-refractivity contribution in [2.24, 2.45) is 0 Å². The highest BCUT2D eigenvalue weighted by Crippen LogP contribution is 2.14. The Hall–Kier alpha value is -0.530. The summed E-state index contributed by atoms with van der Waals surface area (Å²) in [5, 5.41) is 0.524. The number of allylic oxidation sites excluding steroid dienone is 1. The third-order valence-electron chi connectivity index (χ3n) is 1.40. The van der Waals surface area contributed by atoms with Crippen molar-refractivity contribution in [3.05, 3.63) is 34.6 Å². The molecule has 0 spiro atoms. The van der Waals surface area contributed by atoms with E-state index in [1.807, 2.05) is 31.2 Å². The van der Waals surface area contributed by atoms with E-state index in [9.17, 15) is 0 Å². The molecule has 0 fully saturated rings. The largest absolute Gasteiger partial charge is 0.241 e. The predicted octanol–water partition coefficient (Wildman–Crippen LogP) is 3.30. The molecule has 0 aliphatic rings. The third kappa shape index (κ3) is 2.50. The Kier molecular flexibility index (Phi) is 3.57. The summed E-state index contributed by atoms with van der Waals surface area (Å²) >= 11 is 11.3. The average Bonchev–Trinajstić information content (AvgIpc) is 2.03. The minimum absolute atomic E-state index is 0.490. The minimum Gasteiger partial charge on any atom is -0.241 e. The van der Waals surface area contributed by atoms with Gasteiger partial charge in [-0.2, -0.15) is 0 Å². The highest BCUT2D eigenvalue weighted by atomic mass is 35.5. The first-order valence-corrected chi connectivity index (χ1v) is 4.51. The molecule has 0 N–H and O–H groups in total. The molecule has 1 aromatic heterocycles. The van der Waals surface area contributed by atoms with Gasteiger partial charge in [0.05, 0.1) is 0 Å². The van der Waals surface area contributed by atoms with Crippen LogP contribution in [0.5, 0.6) is 0 Å². The number of aryl methyl sites for hydroxylation is 1. The first-order valence-electron chi connectivity index (χ1n) is 3.59. The summed E-state index contributed by atoms with van der Waals surface area (Å²) in [5.74, 6) is 0.490. The lowest BCUT2D eigenvalue weighted by atomic mass is 10.2. The number of aromatic nitrogens is 1. The van der Waals surface area contributed by atoms with Crippen molar-refractivity contribution in [3.63, 3.8) is 0 Å². The van der Waals surface area contributed by atoms with Crippen LogP contribution in [0, 0.1) is 6.92 Å². The van der Waals surface area contributed by atoms with E-state index in [0.717, 1.165) is 11.3 Å². The second-order valence-electron chi connectivity index (χ2n) is 2.39. The van der Waals surface area contributed by atoms with Gasteiger partial charge < -0.3 is 0 Å². The van der Waals surface area contributed by atoms with Crippen LogP contribution < -0.4 is 0 Å². The van der Waals surface area contributed by atoms with Gasteiger partial charge in [0, 0.05) is 17.1 Å². The van der Waals surface area contributed by atoms with Crippen molar-refractivity contribution >= 4 is 29.3 Å². The van der Waals surface area contributed by atoms with E-state index in [0.29, 0.717) is 11.0 Å². The minimum atomic E-state index is 0.490. The van der Waals surface area contributed by atoms with Crippen LogP contribution in [0.25, 0.3) is 6.08 Å². The van der Waals surface area contributed by atoms with Gasteiger partial charge in [0.2, 0.25) is 0 Å². The molecule has 1 aromatic rings. The zero-order chi connectivity index (χ0) is 8.97. The van der Waals surface area contributed by atoms with Gasteiger partial charge in [-0.15, -0.1) is 11.6 Å². The second kappa shape index (κ2) is 4.48. The molecule has 12 heavy (non-hydrogen) atoms. The molecule has 0 radical (unpaired) electrons. The molecule has 0 amide bonds. The molecule has 1 heterocycles. The quantitative estimate of drug-likeness (QED) is 0.529. The van der Waals surface area contributed by atoms with E-state index in [1.54, 1.807) is 0 Å². The Balaban J connectivity index is 2.94. The van der Waals surface area contributed by atoms with Crippen LogP contribution in [0.2, 0.25) is 5.15 Å². The summed E-state index contributed by atoms with van der Waals surface area (Å²) in [6, 6.07) is 3.84. The van der Waals surface area contributed by atoms with Crippen LogP contribution >= 0.6 is 23.2 Å². The zero-order valence-corrected chi connectivity index (χ0v) is 8.23. The molecule has 64 valence electrons. The summed E-state index contributed by atoms with van der Waals surface area (Å²) in [6.45, 7) is 1.90. The molecule has 0 bridgehead atoms. The lowest BCUT2D eigenvalue weighted by Crippen LogP contribution is -1.84. The smallest absolute Gasteiger partial charge is 0.136 e. The van der Waals surface area contributed by atoms with Crippen molar-refractivity contribution in [1.29, 1.82) is 0 Å². The van der Waals surface area contributed by atoms with Crippen LogP contribution in [-0.4, -0.2) is 10.9 Å². The maximum absolute atomic E-state index is 5.86. The molecular weight excluding hydrogens is 193 g/mol. The Labute approximate surface area is 82.0 Å². The average molecular weight is 202 g/mol. The number of hydrogen-bond donors (Lipinski definition) is 0. The molecule has 0 aromatic carbocycles. The van der Waals surface area contributed by atoms with Gasteiger partial charge >= 0.3 is 0 Å². The standard InChI is InChI=1S/C9H9Cl2N/c1-7-4-5-8(3-2-6-10)9(11)12-7/h2-5H,6H2,1H3. The molecule has 0 saturated carbocycles. The SMILES string of the molecule is Cc1ccc(C=CCCl)c(Cl)n1. The molecule has 1 rings (SSSR count). The van der Waals surface area contributed by atoms with Gasteiger partial charge in [-0.25, -0.2) is 4.98 Å². The van der Waals surface area contributed by atoms with E-state index < -0.39 is 0 Å². The molecule has 0 atom stereocenters. The Bertz CT molecular complexity index is 295. The number of halogens is 2. The molecule has 1 nitrogen and oxygen atoms in total. The van der Waals surface area contributed by atoms with Crippen LogP contribution in [-0.2, 0) is 0 Å². The lowest BCUT2D eigenvalue weighted by Gasteiger charge is -1.97.